The van der Waals surface area contributed by atoms with Gasteiger partial charge in [0.25, 0.3) is 0 Å². The van der Waals surface area contributed by atoms with E-state index in [1.165, 1.54) is 0 Å². The van der Waals surface area contributed by atoms with E-state index in [1.807, 2.05) is 0 Å². The fourth-order valence-electron chi connectivity index (χ4n) is 2.87. The van der Waals surface area contributed by atoms with Gasteiger partial charge in [-0.25, -0.2) is 0 Å². The highest BCUT2D eigenvalue weighted by Crippen LogP contribution is 2.24. The largest absolute Gasteiger partial charge is 0.472 e. The molecule has 1 aliphatic carbocycles. The van der Waals surface area contributed by atoms with Crippen molar-refractivity contribution in [2.24, 2.45) is 11.7 Å². The van der Waals surface area contributed by atoms with E-state index in [9.17, 15) is 4.79 Å². The molecule has 0 aliphatic heterocycles. The summed E-state index contributed by atoms with van der Waals surface area (Å²) in [5.74, 6) is 1.34. The number of carbonyl (C=O) groups is 1. The zero-order valence-electron chi connectivity index (χ0n) is 12.7. The number of hydrogen-bond donors (Lipinski definition) is 2. The van der Waals surface area contributed by atoms with Gasteiger partial charge in [0.1, 0.15) is 6.26 Å². The SMILES string of the molecule is Cl.NCC1CCCC1NC(=O)CCc1nc(-c2ccoc2)no1. The maximum atomic E-state index is 12.0. The minimum Gasteiger partial charge on any atom is -0.472 e. The molecule has 126 valence electrons. The van der Waals surface area contributed by atoms with Crippen LogP contribution in [0.1, 0.15) is 31.6 Å². The van der Waals surface area contributed by atoms with Crippen LogP contribution in [-0.2, 0) is 11.2 Å². The minimum absolute atomic E-state index is 0. The first-order valence-electron chi connectivity index (χ1n) is 7.61. The second-order valence-electron chi connectivity index (χ2n) is 5.62. The van der Waals surface area contributed by atoms with E-state index in [4.69, 9.17) is 14.7 Å². The normalized spacial score (nSPS) is 20.2. The van der Waals surface area contributed by atoms with Crippen LogP contribution >= 0.6 is 12.4 Å². The number of aryl methyl sites for hydroxylation is 1. The fraction of sp³-hybridized carbons (Fsp3) is 0.533. The van der Waals surface area contributed by atoms with Gasteiger partial charge in [0.2, 0.25) is 17.6 Å². The molecule has 1 amide bonds. The van der Waals surface area contributed by atoms with Gasteiger partial charge in [0.05, 0.1) is 11.8 Å². The van der Waals surface area contributed by atoms with E-state index in [1.54, 1.807) is 18.6 Å². The third kappa shape index (κ3) is 4.33. The number of hydrogen-bond acceptors (Lipinski definition) is 6. The van der Waals surface area contributed by atoms with Gasteiger partial charge in [-0.05, 0) is 31.4 Å². The molecule has 3 N–H and O–H groups in total. The summed E-state index contributed by atoms with van der Waals surface area (Å²) in [6.45, 7) is 0.628. The third-order valence-corrected chi connectivity index (χ3v) is 4.12. The third-order valence-electron chi connectivity index (χ3n) is 4.12. The minimum atomic E-state index is 0. The molecule has 8 heteroatoms. The molecule has 0 aromatic carbocycles. The number of carbonyl (C=O) groups excluding carboxylic acids is 1. The molecule has 2 atom stereocenters. The molecular weight excluding hydrogens is 320 g/mol. The number of nitrogens with two attached hydrogens (primary N) is 1. The predicted octanol–water partition coefficient (Wildman–Crippen LogP) is 1.93. The van der Waals surface area contributed by atoms with E-state index in [2.05, 4.69) is 15.5 Å². The van der Waals surface area contributed by atoms with Crippen LogP contribution < -0.4 is 11.1 Å². The van der Waals surface area contributed by atoms with Crippen LogP contribution in [0, 0.1) is 5.92 Å². The van der Waals surface area contributed by atoms with E-state index < -0.39 is 0 Å². The van der Waals surface area contributed by atoms with Crippen molar-refractivity contribution < 1.29 is 13.7 Å². The first-order chi connectivity index (χ1) is 10.8. The van der Waals surface area contributed by atoms with Gasteiger partial charge in [-0.15, -0.1) is 12.4 Å². The summed E-state index contributed by atoms with van der Waals surface area (Å²) in [4.78, 5) is 16.3. The van der Waals surface area contributed by atoms with Crippen molar-refractivity contribution in [3.63, 3.8) is 0 Å². The summed E-state index contributed by atoms with van der Waals surface area (Å²) in [5, 5.41) is 6.93. The Bertz CT molecular complexity index is 614. The van der Waals surface area contributed by atoms with Crippen molar-refractivity contribution >= 4 is 18.3 Å². The van der Waals surface area contributed by atoms with Gasteiger partial charge in [0.15, 0.2) is 0 Å². The van der Waals surface area contributed by atoms with Crippen molar-refractivity contribution in [2.75, 3.05) is 6.54 Å². The Kier molecular flexibility index (Phi) is 6.18. The van der Waals surface area contributed by atoms with Crippen molar-refractivity contribution in [1.82, 2.24) is 15.5 Å². The first kappa shape index (κ1) is 17.5. The molecule has 0 radical (unpaired) electrons. The maximum absolute atomic E-state index is 12.0. The summed E-state index contributed by atoms with van der Waals surface area (Å²) in [6.07, 6.45) is 7.10. The molecule has 2 aromatic heterocycles. The molecule has 23 heavy (non-hydrogen) atoms. The highest BCUT2D eigenvalue weighted by molar-refractivity contribution is 5.85. The number of nitrogens with one attached hydrogen (secondary N) is 1. The molecule has 1 fully saturated rings. The molecule has 1 saturated carbocycles. The van der Waals surface area contributed by atoms with Gasteiger partial charge in [-0.3, -0.25) is 4.79 Å². The molecule has 2 unspecified atom stereocenters. The standard InChI is InChI=1S/C15H20N4O3.ClH/c16-8-10-2-1-3-12(10)17-13(20)4-5-14-18-15(19-22-14)11-6-7-21-9-11;/h6-7,9-10,12H,1-5,8,16H2,(H,17,20);1H. The molecule has 2 aromatic rings. The lowest BCUT2D eigenvalue weighted by atomic mass is 10.0. The van der Waals surface area contributed by atoms with Gasteiger partial charge in [0, 0.05) is 18.9 Å². The van der Waals surface area contributed by atoms with Gasteiger partial charge in [-0.2, -0.15) is 4.98 Å². The molecule has 0 bridgehead atoms. The number of halogens is 1. The van der Waals surface area contributed by atoms with E-state index >= 15 is 0 Å². The number of aromatic nitrogens is 2. The van der Waals surface area contributed by atoms with Crippen LogP contribution in [0.25, 0.3) is 11.4 Å². The molecule has 0 saturated heterocycles. The Balaban J connectivity index is 0.00000192. The second-order valence-corrected chi connectivity index (χ2v) is 5.62. The summed E-state index contributed by atoms with van der Waals surface area (Å²) in [7, 11) is 0. The van der Waals surface area contributed by atoms with E-state index in [-0.39, 0.29) is 24.4 Å². The first-order valence-corrected chi connectivity index (χ1v) is 7.61. The summed E-state index contributed by atoms with van der Waals surface area (Å²) < 4.78 is 10.1. The Morgan fingerprint density at radius 2 is 2.30 bits per heavy atom. The molecule has 7 nitrogen and oxygen atoms in total. The van der Waals surface area contributed by atoms with Crippen LogP contribution in [0.4, 0.5) is 0 Å². The van der Waals surface area contributed by atoms with E-state index in [0.717, 1.165) is 24.8 Å². The van der Waals surface area contributed by atoms with Crippen molar-refractivity contribution in [2.45, 2.75) is 38.1 Å². The van der Waals surface area contributed by atoms with Gasteiger partial charge >= 0.3 is 0 Å². The lowest BCUT2D eigenvalue weighted by Gasteiger charge is -2.19. The summed E-state index contributed by atoms with van der Waals surface area (Å²) in [5.41, 5.74) is 6.48. The quantitative estimate of drug-likeness (QED) is 0.832. The smallest absolute Gasteiger partial charge is 0.227 e. The van der Waals surface area contributed by atoms with Gasteiger partial charge in [-0.1, -0.05) is 11.6 Å². The number of furan rings is 1. The molecule has 1 aliphatic rings. The Hall–Kier alpha value is -1.86. The average Bonchev–Trinajstić information content (AvgIpc) is 3.25. The van der Waals surface area contributed by atoms with Crippen LogP contribution in [0.15, 0.2) is 27.5 Å². The Labute approximate surface area is 140 Å². The maximum Gasteiger partial charge on any atom is 0.227 e. The van der Waals surface area contributed by atoms with Crippen LogP contribution in [0.2, 0.25) is 0 Å². The van der Waals surface area contributed by atoms with Gasteiger partial charge < -0.3 is 20.0 Å². The second kappa shape index (κ2) is 8.12. The topological polar surface area (TPSA) is 107 Å². The van der Waals surface area contributed by atoms with Crippen LogP contribution in [0.5, 0.6) is 0 Å². The molecular formula is C15H21ClN4O3. The van der Waals surface area contributed by atoms with Crippen molar-refractivity contribution in [1.29, 1.82) is 0 Å². The molecule has 3 rings (SSSR count). The average molecular weight is 341 g/mol. The summed E-state index contributed by atoms with van der Waals surface area (Å²) in [6, 6.07) is 1.97. The number of nitrogens with zero attached hydrogens (tertiary/aromatic N) is 2. The monoisotopic (exact) mass is 340 g/mol. The van der Waals surface area contributed by atoms with Crippen LogP contribution in [-0.4, -0.2) is 28.6 Å². The van der Waals surface area contributed by atoms with E-state index in [0.29, 0.717) is 37.0 Å². The highest BCUT2D eigenvalue weighted by atomic mass is 35.5. The van der Waals surface area contributed by atoms with Crippen molar-refractivity contribution in [3.8, 4) is 11.4 Å². The number of amides is 1. The Morgan fingerprint density at radius 1 is 1.43 bits per heavy atom. The lowest BCUT2D eigenvalue weighted by Crippen LogP contribution is -2.39. The molecule has 2 heterocycles. The van der Waals surface area contributed by atoms with Crippen LogP contribution in [0.3, 0.4) is 0 Å². The lowest BCUT2D eigenvalue weighted by molar-refractivity contribution is -0.122. The summed E-state index contributed by atoms with van der Waals surface area (Å²) >= 11 is 0. The number of rotatable bonds is 6. The Morgan fingerprint density at radius 3 is 3.04 bits per heavy atom. The van der Waals surface area contributed by atoms with Crippen molar-refractivity contribution in [3.05, 3.63) is 24.5 Å². The zero-order chi connectivity index (χ0) is 15.4. The fourth-order valence-corrected chi connectivity index (χ4v) is 2.87. The zero-order valence-corrected chi connectivity index (χ0v) is 13.6. The predicted molar refractivity (Wildman–Crippen MR) is 85.9 cm³/mol. The molecule has 0 spiro atoms. The highest BCUT2D eigenvalue weighted by Gasteiger charge is 2.27.